The van der Waals surface area contributed by atoms with E-state index in [2.05, 4.69) is 168 Å². The van der Waals surface area contributed by atoms with Crippen molar-refractivity contribution in [3.63, 3.8) is 0 Å². The number of pyridine rings is 4. The molecule has 0 bridgehead atoms. The van der Waals surface area contributed by atoms with Gasteiger partial charge in [-0.15, -0.1) is 0 Å². The fourth-order valence-corrected chi connectivity index (χ4v) is 7.21. The zero-order chi connectivity index (χ0) is 34.4. The Bertz CT molecular complexity index is 2940. The molecular formula is C48H30N4. The van der Waals surface area contributed by atoms with Crippen LogP contribution < -0.4 is 0 Å². The lowest BCUT2D eigenvalue weighted by molar-refractivity contribution is 1.37. The topological polar surface area (TPSA) is 51.6 Å². The first kappa shape index (κ1) is 29.8. The molecule has 4 heterocycles. The van der Waals surface area contributed by atoms with Crippen LogP contribution in [0, 0.1) is 0 Å². The Labute approximate surface area is 300 Å². The number of benzene rings is 6. The lowest BCUT2D eigenvalue weighted by Gasteiger charge is -2.10. The van der Waals surface area contributed by atoms with Crippen LogP contribution in [0.3, 0.4) is 0 Å². The molecule has 52 heavy (non-hydrogen) atoms. The van der Waals surface area contributed by atoms with Gasteiger partial charge >= 0.3 is 0 Å². The molecule has 0 unspecified atom stereocenters. The van der Waals surface area contributed by atoms with Crippen molar-refractivity contribution in [2.45, 2.75) is 0 Å². The summed E-state index contributed by atoms with van der Waals surface area (Å²) in [5.41, 5.74) is 14.8. The predicted octanol–water partition coefficient (Wildman–Crippen LogP) is 12.2. The summed E-state index contributed by atoms with van der Waals surface area (Å²) in [5, 5.41) is 4.40. The third-order valence-electron chi connectivity index (χ3n) is 9.98. The molecule has 0 aliphatic carbocycles. The van der Waals surface area contributed by atoms with Crippen LogP contribution >= 0.6 is 0 Å². The van der Waals surface area contributed by atoms with E-state index in [0.717, 1.165) is 88.4 Å². The smallest absolute Gasteiger partial charge is 0.0970 e. The Kier molecular flexibility index (Phi) is 7.10. The lowest BCUT2D eigenvalue weighted by atomic mass is 9.98. The van der Waals surface area contributed by atoms with Gasteiger partial charge in [-0.05, 0) is 75.8 Å². The van der Waals surface area contributed by atoms with Gasteiger partial charge < -0.3 is 0 Å². The largest absolute Gasteiger partial charge is 0.254 e. The third-order valence-corrected chi connectivity index (χ3v) is 9.98. The molecule has 0 N–H and O–H groups in total. The van der Waals surface area contributed by atoms with Crippen molar-refractivity contribution in [1.29, 1.82) is 0 Å². The van der Waals surface area contributed by atoms with Gasteiger partial charge in [-0.1, -0.05) is 127 Å². The SMILES string of the molecule is c1ccc(-c2ccc(-c3ccc4cc(-c5ccc6ccc(-c7ccc(-c8ccnc9c8ccc8cccnc89)cc7)nc6c5)ccc4n3)cc2)cc1. The minimum absolute atomic E-state index is 0.920. The van der Waals surface area contributed by atoms with Gasteiger partial charge in [-0.2, -0.15) is 0 Å². The van der Waals surface area contributed by atoms with Gasteiger partial charge in [0.05, 0.1) is 33.5 Å². The molecule has 242 valence electrons. The summed E-state index contributed by atoms with van der Waals surface area (Å²) >= 11 is 0. The molecular weight excluding hydrogens is 633 g/mol. The van der Waals surface area contributed by atoms with Crippen LogP contribution in [-0.4, -0.2) is 19.9 Å². The maximum atomic E-state index is 5.12. The van der Waals surface area contributed by atoms with E-state index >= 15 is 0 Å². The van der Waals surface area contributed by atoms with Crippen molar-refractivity contribution in [3.05, 3.63) is 182 Å². The molecule has 0 aliphatic heterocycles. The van der Waals surface area contributed by atoms with E-state index in [-0.39, 0.29) is 0 Å². The van der Waals surface area contributed by atoms with Crippen molar-refractivity contribution in [2.24, 2.45) is 0 Å². The number of nitrogens with zero attached hydrogens (tertiary/aromatic N) is 4. The Morgan fingerprint density at radius 2 is 0.904 bits per heavy atom. The fraction of sp³-hybridized carbons (Fsp3) is 0. The number of hydrogen-bond acceptors (Lipinski definition) is 4. The maximum absolute atomic E-state index is 5.12. The van der Waals surface area contributed by atoms with Crippen molar-refractivity contribution >= 4 is 43.6 Å². The van der Waals surface area contributed by atoms with Gasteiger partial charge in [0.1, 0.15) is 0 Å². The second-order valence-electron chi connectivity index (χ2n) is 13.1. The molecule has 0 saturated heterocycles. The van der Waals surface area contributed by atoms with Crippen molar-refractivity contribution in [2.75, 3.05) is 0 Å². The first-order valence-electron chi connectivity index (χ1n) is 17.4. The van der Waals surface area contributed by atoms with E-state index in [1.807, 2.05) is 24.5 Å². The molecule has 4 nitrogen and oxygen atoms in total. The van der Waals surface area contributed by atoms with Crippen LogP contribution in [0.25, 0.3) is 99.5 Å². The molecule has 10 aromatic rings. The third kappa shape index (κ3) is 5.34. The number of hydrogen-bond donors (Lipinski definition) is 0. The van der Waals surface area contributed by atoms with E-state index in [4.69, 9.17) is 9.97 Å². The van der Waals surface area contributed by atoms with Gasteiger partial charge in [-0.25, -0.2) is 9.97 Å². The molecule has 0 spiro atoms. The summed E-state index contributed by atoms with van der Waals surface area (Å²) < 4.78 is 0. The van der Waals surface area contributed by atoms with E-state index in [9.17, 15) is 0 Å². The highest BCUT2D eigenvalue weighted by atomic mass is 14.7. The Hall–Kier alpha value is -7.04. The van der Waals surface area contributed by atoms with Crippen molar-refractivity contribution in [1.82, 2.24) is 19.9 Å². The summed E-state index contributed by atoms with van der Waals surface area (Å²) in [6, 6.07) is 59.6. The molecule has 0 saturated carbocycles. The molecule has 6 aromatic carbocycles. The zero-order valence-corrected chi connectivity index (χ0v) is 28.1. The first-order chi connectivity index (χ1) is 25.7. The number of aromatic nitrogens is 4. The van der Waals surface area contributed by atoms with Crippen molar-refractivity contribution in [3.8, 4) is 55.9 Å². The van der Waals surface area contributed by atoms with Gasteiger partial charge in [0.15, 0.2) is 0 Å². The second-order valence-corrected chi connectivity index (χ2v) is 13.1. The molecule has 0 aliphatic rings. The van der Waals surface area contributed by atoms with Crippen LogP contribution in [0.2, 0.25) is 0 Å². The molecule has 0 amide bonds. The lowest BCUT2D eigenvalue weighted by Crippen LogP contribution is -1.89. The number of rotatable bonds is 5. The molecule has 4 aromatic heterocycles. The summed E-state index contributed by atoms with van der Waals surface area (Å²) in [6.45, 7) is 0. The van der Waals surface area contributed by atoms with E-state index in [1.54, 1.807) is 0 Å². The van der Waals surface area contributed by atoms with Gasteiger partial charge in [0.2, 0.25) is 0 Å². The quantitative estimate of drug-likeness (QED) is 0.172. The molecule has 0 atom stereocenters. The van der Waals surface area contributed by atoms with E-state index < -0.39 is 0 Å². The number of fused-ring (bicyclic) bond motifs is 5. The van der Waals surface area contributed by atoms with Crippen LogP contribution in [0.15, 0.2) is 182 Å². The van der Waals surface area contributed by atoms with Crippen LogP contribution in [0.5, 0.6) is 0 Å². The highest BCUT2D eigenvalue weighted by Crippen LogP contribution is 2.34. The maximum Gasteiger partial charge on any atom is 0.0970 e. The Morgan fingerprint density at radius 1 is 0.308 bits per heavy atom. The highest BCUT2D eigenvalue weighted by molar-refractivity contribution is 6.08. The minimum atomic E-state index is 0.920. The van der Waals surface area contributed by atoms with Crippen LogP contribution in [0.4, 0.5) is 0 Å². The minimum Gasteiger partial charge on any atom is -0.254 e. The molecule has 0 radical (unpaired) electrons. The molecule has 0 fully saturated rings. The van der Waals surface area contributed by atoms with Crippen molar-refractivity contribution < 1.29 is 0 Å². The normalized spacial score (nSPS) is 11.5. The average molecular weight is 663 g/mol. The highest BCUT2D eigenvalue weighted by Gasteiger charge is 2.11. The average Bonchev–Trinajstić information content (AvgIpc) is 3.23. The van der Waals surface area contributed by atoms with Crippen LogP contribution in [-0.2, 0) is 0 Å². The molecule has 10 rings (SSSR count). The second kappa shape index (κ2) is 12.4. The van der Waals surface area contributed by atoms with E-state index in [1.165, 1.54) is 11.1 Å². The first-order valence-corrected chi connectivity index (χ1v) is 17.4. The summed E-state index contributed by atoms with van der Waals surface area (Å²) in [5.74, 6) is 0. The Balaban J connectivity index is 0.927. The monoisotopic (exact) mass is 662 g/mol. The summed E-state index contributed by atoms with van der Waals surface area (Å²) in [4.78, 5) is 19.4. The summed E-state index contributed by atoms with van der Waals surface area (Å²) in [6.07, 6.45) is 3.70. The van der Waals surface area contributed by atoms with Crippen LogP contribution in [0.1, 0.15) is 0 Å². The standard InChI is InChI=1S/C48H30N4/c1-2-5-31(6-3-1)32-8-12-34(13-9-32)43-25-21-40-29-38(20-24-45(40)51-43)39-17-16-36-19-23-44(52-46(36)30-39)35-14-10-33(11-15-35)41-26-28-50-48-42(41)22-18-37-7-4-27-49-47(37)48/h1-30H. The van der Waals surface area contributed by atoms with Gasteiger partial charge in [0.25, 0.3) is 0 Å². The Morgan fingerprint density at radius 3 is 1.71 bits per heavy atom. The summed E-state index contributed by atoms with van der Waals surface area (Å²) in [7, 11) is 0. The van der Waals surface area contributed by atoms with Gasteiger partial charge in [-0.3, -0.25) is 9.97 Å². The fourth-order valence-electron chi connectivity index (χ4n) is 7.21. The zero-order valence-electron chi connectivity index (χ0n) is 28.1. The molecule has 4 heteroatoms. The van der Waals surface area contributed by atoms with Gasteiger partial charge in [0, 0.05) is 45.1 Å². The van der Waals surface area contributed by atoms with E-state index in [0.29, 0.717) is 0 Å². The predicted molar refractivity (Wildman–Crippen MR) is 215 cm³/mol.